The van der Waals surface area contributed by atoms with Crippen molar-refractivity contribution < 1.29 is 9.15 Å². The van der Waals surface area contributed by atoms with Crippen molar-refractivity contribution >= 4 is 10.9 Å². The number of aryl methyl sites for hydroxylation is 3. The Hall–Kier alpha value is -3.32. The second kappa shape index (κ2) is 6.60. The molecule has 4 aromatic rings. The lowest BCUT2D eigenvalue weighted by atomic mass is 10.1. The molecule has 7 nitrogen and oxygen atoms in total. The van der Waals surface area contributed by atoms with Crippen LogP contribution in [0.25, 0.3) is 22.2 Å². The summed E-state index contributed by atoms with van der Waals surface area (Å²) in [4.78, 5) is 26.1. The molecule has 0 unspecified atom stereocenters. The van der Waals surface area contributed by atoms with E-state index in [0.29, 0.717) is 29.8 Å². The normalized spacial score (nSPS) is 16.2. The molecule has 5 rings (SSSR count). The number of ether oxygens (including phenoxy) is 1. The molecule has 154 valence electrons. The first-order valence-electron chi connectivity index (χ1n) is 9.95. The predicted octanol–water partition coefficient (Wildman–Crippen LogP) is 3.04. The molecule has 1 atom stereocenters. The van der Waals surface area contributed by atoms with Crippen molar-refractivity contribution in [3.63, 3.8) is 0 Å². The smallest absolute Gasteiger partial charge is 0.331 e. The summed E-state index contributed by atoms with van der Waals surface area (Å²) in [6, 6.07) is 11.9. The van der Waals surface area contributed by atoms with E-state index in [1.807, 2.05) is 44.2 Å². The first kappa shape index (κ1) is 18.7. The van der Waals surface area contributed by atoms with E-state index in [1.54, 1.807) is 11.6 Å². The fourth-order valence-corrected chi connectivity index (χ4v) is 4.48. The van der Waals surface area contributed by atoms with E-state index in [-0.39, 0.29) is 11.2 Å². The summed E-state index contributed by atoms with van der Waals surface area (Å²) in [5.41, 5.74) is 3.56. The minimum atomic E-state index is -0.494. The molecule has 0 N–H and O–H groups in total. The van der Waals surface area contributed by atoms with Crippen LogP contribution in [0.1, 0.15) is 28.9 Å². The highest BCUT2D eigenvalue weighted by Gasteiger charge is 2.34. The minimum Gasteiger partial charge on any atom is -0.463 e. The third-order valence-electron chi connectivity index (χ3n) is 5.86. The lowest BCUT2D eigenvalue weighted by Crippen LogP contribution is -2.37. The predicted molar refractivity (Wildman–Crippen MR) is 114 cm³/mol. The van der Waals surface area contributed by atoms with Crippen LogP contribution in [0.2, 0.25) is 0 Å². The lowest BCUT2D eigenvalue weighted by Gasteiger charge is -2.26. The molecule has 7 heteroatoms. The fourth-order valence-electron chi connectivity index (χ4n) is 4.48. The van der Waals surface area contributed by atoms with E-state index in [4.69, 9.17) is 9.15 Å². The second-order valence-electron chi connectivity index (χ2n) is 7.88. The zero-order chi connectivity index (χ0) is 21.2. The van der Waals surface area contributed by atoms with Crippen LogP contribution < -0.4 is 11.2 Å². The molecule has 1 aromatic carbocycles. The van der Waals surface area contributed by atoms with Crippen LogP contribution in [-0.2, 0) is 25.4 Å². The van der Waals surface area contributed by atoms with Crippen LogP contribution in [0.3, 0.4) is 0 Å². The molecule has 1 aliphatic heterocycles. The van der Waals surface area contributed by atoms with Gasteiger partial charge < -0.3 is 13.7 Å². The van der Waals surface area contributed by atoms with Crippen molar-refractivity contribution in [2.45, 2.75) is 26.5 Å². The average Bonchev–Trinajstić information content (AvgIpc) is 3.32. The quantitative estimate of drug-likeness (QED) is 0.514. The number of hydrogen-bond donors (Lipinski definition) is 0. The van der Waals surface area contributed by atoms with Crippen LogP contribution in [0.4, 0.5) is 0 Å². The fraction of sp³-hybridized carbons (Fsp3) is 0.304. The molecule has 0 radical (unpaired) electrons. The Morgan fingerprint density at radius 1 is 1.03 bits per heavy atom. The van der Waals surface area contributed by atoms with Crippen molar-refractivity contribution in [1.29, 1.82) is 0 Å². The van der Waals surface area contributed by atoms with Gasteiger partial charge in [-0.25, -0.2) is 4.79 Å². The molecule has 30 heavy (non-hydrogen) atoms. The van der Waals surface area contributed by atoms with Gasteiger partial charge in [-0.15, -0.1) is 0 Å². The Morgan fingerprint density at radius 3 is 2.53 bits per heavy atom. The third-order valence-corrected chi connectivity index (χ3v) is 5.86. The molecule has 0 saturated carbocycles. The highest BCUT2D eigenvalue weighted by Crippen LogP contribution is 2.40. The second-order valence-corrected chi connectivity index (χ2v) is 7.88. The number of furan rings is 1. The molecule has 0 fully saturated rings. The van der Waals surface area contributed by atoms with Gasteiger partial charge in [0, 0.05) is 20.6 Å². The van der Waals surface area contributed by atoms with Gasteiger partial charge in [-0.05, 0) is 37.6 Å². The van der Waals surface area contributed by atoms with Crippen molar-refractivity contribution in [3.05, 3.63) is 80.0 Å². The molecule has 0 amide bonds. The lowest BCUT2D eigenvalue weighted by molar-refractivity contribution is 0.0342. The maximum atomic E-state index is 13.3. The van der Waals surface area contributed by atoms with E-state index in [0.717, 1.165) is 28.3 Å². The zero-order valence-corrected chi connectivity index (χ0v) is 17.4. The minimum absolute atomic E-state index is 0.305. The Bertz CT molecular complexity index is 1420. The van der Waals surface area contributed by atoms with Crippen LogP contribution in [-0.4, -0.2) is 20.3 Å². The van der Waals surface area contributed by atoms with Crippen LogP contribution in [0.5, 0.6) is 0 Å². The molecule has 4 heterocycles. The molecule has 0 saturated heterocycles. The van der Waals surface area contributed by atoms with Crippen molar-refractivity contribution in [2.24, 2.45) is 14.1 Å². The SMILES string of the molecule is Cc1cccc(-c2c3c(=O)n(C)c(=O)n(C)c3c3n2CCO[C@@H]3c2ccc(C)o2)c1. The van der Waals surface area contributed by atoms with Gasteiger partial charge in [0.1, 0.15) is 11.5 Å². The third kappa shape index (κ3) is 2.55. The molecule has 0 bridgehead atoms. The summed E-state index contributed by atoms with van der Waals surface area (Å²) in [6.07, 6.45) is -0.494. The molecule has 1 aliphatic rings. The molecule has 0 spiro atoms. The maximum Gasteiger partial charge on any atom is 0.331 e. The monoisotopic (exact) mass is 405 g/mol. The number of aromatic nitrogens is 3. The van der Waals surface area contributed by atoms with Crippen LogP contribution in [0, 0.1) is 13.8 Å². The first-order valence-corrected chi connectivity index (χ1v) is 9.95. The van der Waals surface area contributed by atoms with Gasteiger partial charge in [-0.3, -0.25) is 13.9 Å². The van der Waals surface area contributed by atoms with Crippen molar-refractivity contribution in [3.8, 4) is 11.3 Å². The Kier molecular flexibility index (Phi) is 4.11. The topological polar surface area (TPSA) is 71.3 Å². The van der Waals surface area contributed by atoms with Gasteiger partial charge in [0.25, 0.3) is 5.56 Å². The standard InChI is InChI=1S/C23H23N3O4/c1-13-6-5-7-15(12-13)18-17-19(24(3)23(28)25(4)22(17)27)20-21(29-11-10-26(18)20)16-9-8-14(2)30-16/h5-9,12,21H,10-11H2,1-4H3/t21-/m1/s1. The van der Waals surface area contributed by atoms with Gasteiger partial charge in [-0.1, -0.05) is 23.8 Å². The van der Waals surface area contributed by atoms with E-state index in [2.05, 4.69) is 10.6 Å². The van der Waals surface area contributed by atoms with Crippen molar-refractivity contribution in [2.75, 3.05) is 6.61 Å². The van der Waals surface area contributed by atoms with Gasteiger partial charge in [0.2, 0.25) is 0 Å². The Labute approximate surface area is 172 Å². The summed E-state index contributed by atoms with van der Waals surface area (Å²) in [5.74, 6) is 1.45. The van der Waals surface area contributed by atoms with E-state index >= 15 is 0 Å². The number of hydrogen-bond acceptors (Lipinski definition) is 4. The maximum absolute atomic E-state index is 13.3. The van der Waals surface area contributed by atoms with Crippen LogP contribution >= 0.6 is 0 Å². The molecule has 3 aromatic heterocycles. The van der Waals surface area contributed by atoms with E-state index in [9.17, 15) is 9.59 Å². The summed E-state index contributed by atoms with van der Waals surface area (Å²) < 4.78 is 16.8. The Balaban J connectivity index is 1.97. The largest absolute Gasteiger partial charge is 0.463 e. The summed E-state index contributed by atoms with van der Waals surface area (Å²) in [5, 5.41) is 0.527. The van der Waals surface area contributed by atoms with Gasteiger partial charge in [-0.2, -0.15) is 0 Å². The highest BCUT2D eigenvalue weighted by molar-refractivity contribution is 5.96. The van der Waals surface area contributed by atoms with Gasteiger partial charge in [0.05, 0.1) is 28.9 Å². The summed E-state index contributed by atoms with van der Waals surface area (Å²) in [6.45, 7) is 4.97. The molecular weight excluding hydrogens is 382 g/mol. The van der Waals surface area contributed by atoms with Crippen molar-refractivity contribution in [1.82, 2.24) is 13.7 Å². The molecule has 0 aliphatic carbocycles. The van der Waals surface area contributed by atoms with Gasteiger partial charge in [0.15, 0.2) is 6.10 Å². The Morgan fingerprint density at radius 2 is 1.83 bits per heavy atom. The number of nitrogens with zero attached hydrogens (tertiary/aromatic N) is 3. The van der Waals surface area contributed by atoms with Gasteiger partial charge >= 0.3 is 5.69 Å². The van der Waals surface area contributed by atoms with E-state index < -0.39 is 6.10 Å². The van der Waals surface area contributed by atoms with Crippen LogP contribution in [0.15, 0.2) is 50.4 Å². The van der Waals surface area contributed by atoms with E-state index in [1.165, 1.54) is 11.6 Å². The molecular formula is C23H23N3O4. The number of rotatable bonds is 2. The number of fused-ring (bicyclic) bond motifs is 3. The average molecular weight is 405 g/mol. The summed E-state index contributed by atoms with van der Waals surface area (Å²) >= 11 is 0. The first-order chi connectivity index (χ1) is 14.4. The zero-order valence-electron chi connectivity index (χ0n) is 17.4. The highest BCUT2D eigenvalue weighted by atomic mass is 16.5. The summed E-state index contributed by atoms with van der Waals surface area (Å²) in [7, 11) is 3.22. The number of benzene rings is 1.